The monoisotopic (exact) mass is 371 g/mol. The molecule has 1 aliphatic rings. The van der Waals surface area contributed by atoms with Crippen LogP contribution in [-0.2, 0) is 0 Å². The summed E-state index contributed by atoms with van der Waals surface area (Å²) < 4.78 is 1.85. The molecular weight excluding hydrogens is 354 g/mol. The van der Waals surface area contributed by atoms with Gasteiger partial charge in [-0.25, -0.2) is 4.68 Å². The van der Waals surface area contributed by atoms with Crippen LogP contribution in [0, 0.1) is 0 Å². The molecule has 0 radical (unpaired) electrons. The van der Waals surface area contributed by atoms with E-state index in [1.807, 2.05) is 59.3 Å². The Morgan fingerprint density at radius 1 is 1.07 bits per heavy atom. The molecule has 2 heterocycles. The van der Waals surface area contributed by atoms with Gasteiger partial charge in [-0.05, 0) is 35.4 Å². The van der Waals surface area contributed by atoms with Crippen LogP contribution >= 0.6 is 0 Å². The van der Waals surface area contributed by atoms with E-state index in [2.05, 4.69) is 31.0 Å². The van der Waals surface area contributed by atoms with Crippen LogP contribution < -0.4 is 5.32 Å². The molecule has 138 valence electrons. The first-order chi connectivity index (χ1) is 13.8. The molecule has 4 aromatic rings. The molecule has 1 fully saturated rings. The predicted octanol–water partition coefficient (Wildman–Crippen LogP) is 3.32. The minimum absolute atomic E-state index is 0.230. The van der Waals surface area contributed by atoms with E-state index in [-0.39, 0.29) is 5.91 Å². The molecule has 28 heavy (non-hydrogen) atoms. The predicted molar refractivity (Wildman–Crippen MR) is 104 cm³/mol. The molecule has 0 aliphatic heterocycles. The van der Waals surface area contributed by atoms with Crippen molar-refractivity contribution in [3.8, 4) is 22.6 Å². The zero-order valence-corrected chi connectivity index (χ0v) is 14.9. The minimum Gasteiger partial charge on any atom is -0.322 e. The largest absolute Gasteiger partial charge is 0.322 e. The lowest BCUT2D eigenvalue weighted by molar-refractivity contribution is 0.102. The van der Waals surface area contributed by atoms with E-state index in [4.69, 9.17) is 0 Å². The van der Waals surface area contributed by atoms with Crippen molar-refractivity contribution >= 4 is 11.6 Å². The van der Waals surface area contributed by atoms with Gasteiger partial charge < -0.3 is 5.32 Å². The van der Waals surface area contributed by atoms with Crippen molar-refractivity contribution < 1.29 is 4.79 Å². The second-order valence-electron chi connectivity index (χ2n) is 6.74. The summed E-state index contributed by atoms with van der Waals surface area (Å²) in [6.07, 6.45) is 3.73. The number of nitrogens with zero attached hydrogens (tertiary/aromatic N) is 5. The van der Waals surface area contributed by atoms with Crippen LogP contribution in [0.1, 0.15) is 29.2 Å². The Morgan fingerprint density at radius 3 is 2.71 bits per heavy atom. The highest BCUT2D eigenvalue weighted by atomic mass is 16.1. The van der Waals surface area contributed by atoms with Crippen LogP contribution in [0.3, 0.4) is 0 Å². The molecule has 2 N–H and O–H groups in total. The number of carbonyl (C=O) groups excluding carboxylic acids is 1. The van der Waals surface area contributed by atoms with Crippen LogP contribution in [0.15, 0.2) is 60.8 Å². The lowest BCUT2D eigenvalue weighted by Crippen LogP contribution is -2.12. The second-order valence-corrected chi connectivity index (χ2v) is 6.74. The van der Waals surface area contributed by atoms with Crippen molar-refractivity contribution in [3.05, 3.63) is 66.4 Å². The molecule has 0 bridgehead atoms. The van der Waals surface area contributed by atoms with Gasteiger partial charge in [0.2, 0.25) is 0 Å². The topological polar surface area (TPSA) is 101 Å². The van der Waals surface area contributed by atoms with Crippen LogP contribution in [0.2, 0.25) is 0 Å². The van der Waals surface area contributed by atoms with Gasteiger partial charge in [-0.3, -0.25) is 9.89 Å². The molecule has 0 unspecified atom stereocenters. The number of amides is 1. The van der Waals surface area contributed by atoms with Crippen molar-refractivity contribution in [3.63, 3.8) is 0 Å². The Kier molecular flexibility index (Phi) is 3.93. The first kappa shape index (κ1) is 16.4. The van der Waals surface area contributed by atoms with E-state index in [9.17, 15) is 4.79 Å². The fourth-order valence-corrected chi connectivity index (χ4v) is 3.17. The Morgan fingerprint density at radius 2 is 1.89 bits per heavy atom. The number of aromatic nitrogens is 6. The molecule has 2 aromatic carbocycles. The smallest absolute Gasteiger partial charge is 0.259 e. The Bertz CT molecular complexity index is 1130. The summed E-state index contributed by atoms with van der Waals surface area (Å²) in [5.74, 6) is 0.485. The standard InChI is InChI=1S/C20H17N7O/c28-20(17-12-21-23-18(17)13-5-2-1-3-6-13)22-15-8-4-7-14(11-15)19-24-25-26-27(19)16-9-10-16/h1-8,11-12,16H,9-10H2,(H,21,23)(H,22,28). The molecule has 0 saturated heterocycles. The summed E-state index contributed by atoms with van der Waals surface area (Å²) >= 11 is 0. The third-order valence-corrected chi connectivity index (χ3v) is 4.71. The molecule has 2 aromatic heterocycles. The lowest BCUT2D eigenvalue weighted by atomic mass is 10.1. The number of hydrogen-bond donors (Lipinski definition) is 2. The van der Waals surface area contributed by atoms with Crippen molar-refractivity contribution in [1.82, 2.24) is 30.4 Å². The van der Waals surface area contributed by atoms with Crippen molar-refractivity contribution in [2.45, 2.75) is 18.9 Å². The highest BCUT2D eigenvalue weighted by Crippen LogP contribution is 2.36. The van der Waals surface area contributed by atoms with Crippen LogP contribution in [0.4, 0.5) is 5.69 Å². The Balaban J connectivity index is 1.41. The Labute approximate surface area is 160 Å². The highest BCUT2D eigenvalue weighted by Gasteiger charge is 2.28. The number of rotatable bonds is 5. The number of aromatic amines is 1. The number of tetrazole rings is 1. The van der Waals surface area contributed by atoms with Gasteiger partial charge in [0, 0.05) is 16.8 Å². The van der Waals surface area contributed by atoms with Crippen LogP contribution in [0.25, 0.3) is 22.6 Å². The van der Waals surface area contributed by atoms with Gasteiger partial charge in [-0.1, -0.05) is 42.5 Å². The fourth-order valence-electron chi connectivity index (χ4n) is 3.17. The molecule has 8 nitrogen and oxygen atoms in total. The Hall–Kier alpha value is -3.81. The molecule has 1 aliphatic carbocycles. The van der Waals surface area contributed by atoms with E-state index >= 15 is 0 Å². The maximum atomic E-state index is 12.8. The number of H-pyrrole nitrogens is 1. The van der Waals surface area contributed by atoms with Gasteiger partial charge in [0.15, 0.2) is 5.82 Å². The number of hydrogen-bond acceptors (Lipinski definition) is 5. The van der Waals surface area contributed by atoms with E-state index in [0.29, 0.717) is 28.8 Å². The van der Waals surface area contributed by atoms with Crippen LogP contribution in [-0.4, -0.2) is 36.3 Å². The fraction of sp³-hybridized carbons (Fsp3) is 0.150. The average Bonchev–Trinajstić information content (AvgIpc) is 3.26. The number of benzene rings is 2. The van der Waals surface area contributed by atoms with E-state index in [0.717, 1.165) is 24.0 Å². The summed E-state index contributed by atoms with van der Waals surface area (Å²) in [5.41, 5.74) is 3.62. The third kappa shape index (κ3) is 3.05. The molecule has 0 spiro atoms. The molecule has 0 atom stereocenters. The minimum atomic E-state index is -0.230. The first-order valence-electron chi connectivity index (χ1n) is 9.08. The molecule has 1 amide bonds. The molecule has 1 saturated carbocycles. The van der Waals surface area contributed by atoms with E-state index in [1.165, 1.54) is 6.20 Å². The van der Waals surface area contributed by atoms with Crippen molar-refractivity contribution in [1.29, 1.82) is 0 Å². The van der Waals surface area contributed by atoms with Gasteiger partial charge >= 0.3 is 0 Å². The third-order valence-electron chi connectivity index (χ3n) is 4.71. The number of carbonyl (C=O) groups is 1. The summed E-state index contributed by atoms with van der Waals surface area (Å²) in [4.78, 5) is 12.8. The van der Waals surface area contributed by atoms with Gasteiger partial charge in [-0.15, -0.1) is 5.10 Å². The van der Waals surface area contributed by atoms with Crippen molar-refractivity contribution in [2.75, 3.05) is 5.32 Å². The molecule has 8 heteroatoms. The van der Waals surface area contributed by atoms with Crippen LogP contribution in [0.5, 0.6) is 0 Å². The summed E-state index contributed by atoms with van der Waals surface area (Å²) in [6.45, 7) is 0. The summed E-state index contributed by atoms with van der Waals surface area (Å²) in [6, 6.07) is 17.6. The average molecular weight is 371 g/mol. The first-order valence-corrected chi connectivity index (χ1v) is 9.08. The van der Waals surface area contributed by atoms with E-state index < -0.39 is 0 Å². The SMILES string of the molecule is O=C(Nc1cccc(-c2nnnn2C2CC2)c1)c1cn[nH]c1-c1ccccc1. The van der Waals surface area contributed by atoms with E-state index in [1.54, 1.807) is 0 Å². The maximum absolute atomic E-state index is 12.8. The van der Waals surface area contributed by atoms with Gasteiger partial charge in [-0.2, -0.15) is 5.10 Å². The number of anilines is 1. The normalized spacial score (nSPS) is 13.4. The molecule has 5 rings (SSSR count). The summed E-state index contributed by atoms with van der Waals surface area (Å²) in [5, 5.41) is 21.9. The number of nitrogens with one attached hydrogen (secondary N) is 2. The zero-order valence-electron chi connectivity index (χ0n) is 14.9. The van der Waals surface area contributed by atoms with Crippen molar-refractivity contribution in [2.24, 2.45) is 0 Å². The maximum Gasteiger partial charge on any atom is 0.259 e. The zero-order chi connectivity index (χ0) is 18.9. The van der Waals surface area contributed by atoms with Gasteiger partial charge in [0.05, 0.1) is 23.5 Å². The van der Waals surface area contributed by atoms with Gasteiger partial charge in [0.25, 0.3) is 5.91 Å². The quantitative estimate of drug-likeness (QED) is 0.560. The molecular formula is C20H17N7O. The second kappa shape index (κ2) is 6.73. The summed E-state index contributed by atoms with van der Waals surface area (Å²) in [7, 11) is 0. The lowest BCUT2D eigenvalue weighted by Gasteiger charge is -2.08. The van der Waals surface area contributed by atoms with Gasteiger partial charge in [0.1, 0.15) is 0 Å². The highest BCUT2D eigenvalue weighted by molar-refractivity contribution is 6.08.